The third-order valence-electron chi connectivity index (χ3n) is 4.22. The van der Waals surface area contributed by atoms with E-state index in [0.717, 1.165) is 5.69 Å². The number of hydrogen-bond donors (Lipinski definition) is 2. The van der Waals surface area contributed by atoms with Gasteiger partial charge in [0.05, 0.1) is 24.9 Å². The number of methoxy groups -OCH3 is 1. The smallest absolute Gasteiger partial charge is 0.306 e. The van der Waals surface area contributed by atoms with Crippen molar-refractivity contribution in [1.82, 2.24) is 19.8 Å². The fourth-order valence-electron chi connectivity index (χ4n) is 2.73. The van der Waals surface area contributed by atoms with Crippen molar-refractivity contribution in [2.45, 2.75) is 39.0 Å². The van der Waals surface area contributed by atoms with Gasteiger partial charge in [0.25, 0.3) is 0 Å². The number of hydrogen-bond acceptors (Lipinski definition) is 5. The van der Waals surface area contributed by atoms with Gasteiger partial charge in [-0.3, -0.25) is 14.7 Å². The molecule has 0 saturated heterocycles. The van der Waals surface area contributed by atoms with Crippen molar-refractivity contribution in [1.29, 1.82) is 0 Å². The van der Waals surface area contributed by atoms with E-state index in [1.807, 2.05) is 32.9 Å². The first-order chi connectivity index (χ1) is 13.2. The monoisotopic (exact) mass is 403 g/mol. The lowest BCUT2D eigenvalue weighted by atomic mass is 9.92. The maximum Gasteiger partial charge on any atom is 0.306 e. The Morgan fingerprint density at radius 1 is 1.25 bits per heavy atom. The van der Waals surface area contributed by atoms with E-state index >= 15 is 0 Å². The minimum absolute atomic E-state index is 0.0153. The molecule has 0 spiro atoms. The standard InChI is InChI=1S/C19H22ClN5O3/c1-19(2,3)16-15(20)18-22-17(24-25(18)23-16)11-7-5-6-8-12(11)21-13(26)9-10-14(27)28-4/h5-8,23H,9-10H2,1-4H3,(H,21,26). The van der Waals surface area contributed by atoms with Crippen LogP contribution in [0.3, 0.4) is 0 Å². The summed E-state index contributed by atoms with van der Waals surface area (Å²) in [6, 6.07) is 7.19. The number of halogens is 1. The number of aromatic nitrogens is 4. The molecule has 2 heterocycles. The van der Waals surface area contributed by atoms with E-state index < -0.39 is 5.97 Å². The first kappa shape index (κ1) is 19.9. The molecule has 0 bridgehead atoms. The second-order valence-electron chi connectivity index (χ2n) is 7.39. The summed E-state index contributed by atoms with van der Waals surface area (Å²) in [5.41, 5.74) is 2.40. The second kappa shape index (κ2) is 7.63. The Morgan fingerprint density at radius 2 is 1.96 bits per heavy atom. The van der Waals surface area contributed by atoms with Crippen LogP contribution in [0.1, 0.15) is 39.3 Å². The molecule has 28 heavy (non-hydrogen) atoms. The van der Waals surface area contributed by atoms with Crippen LogP contribution >= 0.6 is 11.6 Å². The largest absolute Gasteiger partial charge is 0.469 e. The molecule has 1 amide bonds. The molecule has 2 N–H and O–H groups in total. The molecular formula is C19H22ClN5O3. The maximum atomic E-state index is 12.2. The van der Waals surface area contributed by atoms with Crippen LogP contribution in [-0.4, -0.2) is 38.8 Å². The Bertz CT molecular complexity index is 1030. The summed E-state index contributed by atoms with van der Waals surface area (Å²) in [5.74, 6) is -0.300. The number of amides is 1. The van der Waals surface area contributed by atoms with Crippen molar-refractivity contribution >= 4 is 34.8 Å². The molecule has 0 saturated carbocycles. The summed E-state index contributed by atoms with van der Waals surface area (Å²) in [6.07, 6.45) is 0.0423. The van der Waals surface area contributed by atoms with E-state index in [2.05, 4.69) is 25.2 Å². The zero-order chi connectivity index (χ0) is 20.5. The van der Waals surface area contributed by atoms with E-state index in [9.17, 15) is 9.59 Å². The van der Waals surface area contributed by atoms with Crippen molar-refractivity contribution in [3.63, 3.8) is 0 Å². The van der Waals surface area contributed by atoms with Gasteiger partial charge in [-0.25, -0.2) is 4.98 Å². The normalized spacial score (nSPS) is 11.6. The van der Waals surface area contributed by atoms with Crippen LogP contribution in [0, 0.1) is 0 Å². The van der Waals surface area contributed by atoms with Crippen LogP contribution in [0.4, 0.5) is 5.69 Å². The summed E-state index contributed by atoms with van der Waals surface area (Å²) in [6.45, 7) is 6.14. The minimum atomic E-state index is -0.433. The molecule has 3 aromatic rings. The summed E-state index contributed by atoms with van der Waals surface area (Å²) in [4.78, 5) is 27.9. The fourth-order valence-corrected chi connectivity index (χ4v) is 3.18. The first-order valence-corrected chi connectivity index (χ1v) is 9.19. The van der Waals surface area contributed by atoms with Crippen molar-refractivity contribution in [2.24, 2.45) is 0 Å². The van der Waals surface area contributed by atoms with Crippen LogP contribution in [0.15, 0.2) is 24.3 Å². The number of esters is 1. The molecule has 9 heteroatoms. The molecular weight excluding hydrogens is 382 g/mol. The minimum Gasteiger partial charge on any atom is -0.469 e. The Morgan fingerprint density at radius 3 is 2.61 bits per heavy atom. The molecule has 0 aliphatic carbocycles. The lowest BCUT2D eigenvalue weighted by Gasteiger charge is -2.16. The molecule has 148 valence electrons. The maximum absolute atomic E-state index is 12.2. The van der Waals surface area contributed by atoms with Gasteiger partial charge < -0.3 is 10.1 Å². The highest BCUT2D eigenvalue weighted by Gasteiger charge is 2.25. The number of anilines is 1. The zero-order valence-corrected chi connectivity index (χ0v) is 16.9. The van der Waals surface area contributed by atoms with E-state index in [4.69, 9.17) is 11.6 Å². The van der Waals surface area contributed by atoms with Gasteiger partial charge in [0.15, 0.2) is 11.5 Å². The Balaban J connectivity index is 1.88. The van der Waals surface area contributed by atoms with Crippen LogP contribution in [-0.2, 0) is 19.7 Å². The molecule has 0 unspecified atom stereocenters. The van der Waals surface area contributed by atoms with Crippen molar-refractivity contribution in [3.05, 3.63) is 35.0 Å². The summed E-state index contributed by atoms with van der Waals surface area (Å²) >= 11 is 6.48. The van der Waals surface area contributed by atoms with Crippen molar-refractivity contribution < 1.29 is 14.3 Å². The lowest BCUT2D eigenvalue weighted by Crippen LogP contribution is -2.14. The van der Waals surface area contributed by atoms with E-state index in [-0.39, 0.29) is 24.2 Å². The highest BCUT2D eigenvalue weighted by atomic mass is 35.5. The first-order valence-electron chi connectivity index (χ1n) is 8.81. The molecule has 3 rings (SSSR count). The van der Waals surface area contributed by atoms with Crippen molar-refractivity contribution in [2.75, 3.05) is 12.4 Å². The zero-order valence-electron chi connectivity index (χ0n) is 16.2. The summed E-state index contributed by atoms with van der Waals surface area (Å²) < 4.78 is 6.09. The molecule has 2 aromatic heterocycles. The highest BCUT2D eigenvalue weighted by Crippen LogP contribution is 2.33. The average molecular weight is 404 g/mol. The number of carbonyl (C=O) groups is 2. The van der Waals surface area contributed by atoms with Gasteiger partial charge in [-0.2, -0.15) is 4.63 Å². The number of para-hydroxylation sites is 1. The number of benzene rings is 1. The number of rotatable bonds is 5. The van der Waals surface area contributed by atoms with Gasteiger partial charge in [0, 0.05) is 17.4 Å². The van der Waals surface area contributed by atoms with Gasteiger partial charge in [0.2, 0.25) is 5.91 Å². The lowest BCUT2D eigenvalue weighted by molar-refractivity contribution is -0.141. The third-order valence-corrected chi connectivity index (χ3v) is 4.57. The van der Waals surface area contributed by atoms with E-state index in [1.54, 1.807) is 12.1 Å². The highest BCUT2D eigenvalue weighted by molar-refractivity contribution is 6.34. The molecule has 0 aliphatic heterocycles. The molecule has 0 fully saturated rings. The van der Waals surface area contributed by atoms with Gasteiger partial charge in [0.1, 0.15) is 5.02 Å². The number of ether oxygens (including phenoxy) is 1. The van der Waals surface area contributed by atoms with E-state index in [1.165, 1.54) is 11.7 Å². The molecule has 8 nitrogen and oxygen atoms in total. The molecule has 0 aliphatic rings. The van der Waals surface area contributed by atoms with Crippen molar-refractivity contribution in [3.8, 4) is 11.4 Å². The number of nitrogens with one attached hydrogen (secondary N) is 2. The van der Waals surface area contributed by atoms with E-state index in [0.29, 0.717) is 27.7 Å². The third kappa shape index (κ3) is 4.01. The quantitative estimate of drug-likeness (QED) is 0.634. The SMILES string of the molecule is COC(=O)CCC(=O)Nc1ccccc1-c1nc2c(Cl)c(C(C)(C)C)[nH]n2n1. The van der Waals surface area contributed by atoms with Crippen LogP contribution in [0.5, 0.6) is 0 Å². The number of H-pyrrole nitrogens is 1. The Labute approximate surface area is 167 Å². The molecule has 1 aromatic carbocycles. The number of fused-ring (bicyclic) bond motifs is 1. The number of carbonyl (C=O) groups excluding carboxylic acids is 2. The predicted molar refractivity (Wildman–Crippen MR) is 106 cm³/mol. The van der Waals surface area contributed by atoms with Crippen LogP contribution in [0.2, 0.25) is 5.02 Å². The van der Waals surface area contributed by atoms with Gasteiger partial charge in [-0.1, -0.05) is 44.5 Å². The summed E-state index contributed by atoms with van der Waals surface area (Å²) in [5, 5.41) is 11.0. The second-order valence-corrected chi connectivity index (χ2v) is 7.77. The summed E-state index contributed by atoms with van der Waals surface area (Å²) in [7, 11) is 1.29. The van der Waals surface area contributed by atoms with Gasteiger partial charge >= 0.3 is 5.97 Å². The van der Waals surface area contributed by atoms with Gasteiger partial charge in [-0.15, -0.1) is 5.10 Å². The Hall–Kier alpha value is -2.87. The topological polar surface area (TPSA) is 101 Å². The Kier molecular flexibility index (Phi) is 5.42. The number of nitrogens with zero attached hydrogens (tertiary/aromatic N) is 3. The molecule has 0 atom stereocenters. The van der Waals surface area contributed by atoms with Crippen LogP contribution < -0.4 is 5.32 Å². The predicted octanol–water partition coefficient (Wildman–Crippen LogP) is 3.57. The fraction of sp³-hybridized carbons (Fsp3) is 0.368. The molecule has 0 radical (unpaired) electrons. The van der Waals surface area contributed by atoms with Gasteiger partial charge in [-0.05, 0) is 12.1 Å². The average Bonchev–Trinajstić information content (AvgIpc) is 3.19. The van der Waals surface area contributed by atoms with Crippen LogP contribution in [0.25, 0.3) is 17.0 Å². The number of aromatic amines is 1.